The number of ether oxygens (including phenoxy) is 1. The molecule has 2 N–H and O–H groups in total. The molecule has 1 saturated heterocycles. The average Bonchev–Trinajstić information content (AvgIpc) is 2.95. The van der Waals surface area contributed by atoms with E-state index in [4.69, 9.17) is 4.74 Å². The number of nitrogens with zero attached hydrogens (tertiary/aromatic N) is 3. The van der Waals surface area contributed by atoms with Crippen molar-refractivity contribution in [3.8, 4) is 11.3 Å². The number of carbonyl (C=O) groups excluding carboxylic acids is 1. The van der Waals surface area contributed by atoms with Crippen LogP contribution in [0.5, 0.6) is 0 Å². The molecule has 2 aliphatic rings. The Labute approximate surface area is 221 Å². The van der Waals surface area contributed by atoms with E-state index in [1.807, 2.05) is 24.3 Å². The number of benzene rings is 1. The van der Waals surface area contributed by atoms with Crippen LogP contribution in [0.15, 0.2) is 48.7 Å². The highest BCUT2D eigenvalue weighted by Gasteiger charge is 2.30. The number of rotatable bonds is 7. The first kappa shape index (κ1) is 26.0. The van der Waals surface area contributed by atoms with Gasteiger partial charge in [0.05, 0.1) is 16.8 Å². The zero-order valence-corrected chi connectivity index (χ0v) is 21.3. The standard InChI is InChI=1S/C29H33FN4O4/c30-27-10-9-21(17-31-27)26-15-24(23-3-1-2-4-25(23)33-26)28(35)32-16-19-5-7-20(8-6-19)18-34(29(36)37)22-11-13-38-14-12-22/h1-4,9-10,15,17,19-20,22H,5-8,11-14,16,18H2,(H,32,35)(H,36,37)/t19-,20-. The van der Waals surface area contributed by atoms with Crippen molar-refractivity contribution in [2.45, 2.75) is 44.6 Å². The van der Waals surface area contributed by atoms with Crippen LogP contribution in [0.2, 0.25) is 0 Å². The second-order valence-corrected chi connectivity index (χ2v) is 10.3. The smallest absolute Gasteiger partial charge is 0.407 e. The van der Waals surface area contributed by atoms with Crippen molar-refractivity contribution < 1.29 is 23.8 Å². The second kappa shape index (κ2) is 11.9. The van der Waals surface area contributed by atoms with Crippen molar-refractivity contribution in [2.75, 3.05) is 26.3 Å². The molecule has 1 saturated carbocycles. The van der Waals surface area contributed by atoms with Crippen molar-refractivity contribution in [1.29, 1.82) is 0 Å². The molecule has 2 aromatic heterocycles. The summed E-state index contributed by atoms with van der Waals surface area (Å²) in [5.41, 5.74) is 2.42. The van der Waals surface area contributed by atoms with E-state index >= 15 is 0 Å². The fourth-order valence-corrected chi connectivity index (χ4v) is 5.65. The van der Waals surface area contributed by atoms with Crippen LogP contribution in [-0.2, 0) is 4.74 Å². The van der Waals surface area contributed by atoms with Crippen molar-refractivity contribution in [3.63, 3.8) is 0 Å². The van der Waals surface area contributed by atoms with Gasteiger partial charge in [0.1, 0.15) is 0 Å². The highest BCUT2D eigenvalue weighted by atomic mass is 19.1. The van der Waals surface area contributed by atoms with Gasteiger partial charge in [-0.15, -0.1) is 0 Å². The fourth-order valence-electron chi connectivity index (χ4n) is 5.65. The summed E-state index contributed by atoms with van der Waals surface area (Å²) in [6.45, 7) is 2.38. The molecule has 3 aromatic rings. The Morgan fingerprint density at radius 1 is 1.03 bits per heavy atom. The molecule has 8 nitrogen and oxygen atoms in total. The molecule has 1 aliphatic carbocycles. The molecule has 9 heteroatoms. The summed E-state index contributed by atoms with van der Waals surface area (Å²) in [5, 5.41) is 13.6. The predicted octanol–water partition coefficient (Wildman–Crippen LogP) is 5.13. The lowest BCUT2D eigenvalue weighted by atomic mass is 9.81. The van der Waals surface area contributed by atoms with Gasteiger partial charge in [-0.1, -0.05) is 18.2 Å². The lowest BCUT2D eigenvalue weighted by Gasteiger charge is -2.37. The van der Waals surface area contributed by atoms with Gasteiger partial charge in [-0.05, 0) is 74.6 Å². The summed E-state index contributed by atoms with van der Waals surface area (Å²) < 4.78 is 18.7. The third-order valence-electron chi connectivity index (χ3n) is 7.83. The van der Waals surface area contributed by atoms with Crippen LogP contribution >= 0.6 is 0 Å². The van der Waals surface area contributed by atoms with Gasteiger partial charge in [0.15, 0.2) is 0 Å². The number of halogens is 1. The monoisotopic (exact) mass is 520 g/mol. The zero-order valence-electron chi connectivity index (χ0n) is 21.3. The van der Waals surface area contributed by atoms with Gasteiger partial charge < -0.3 is 20.1 Å². The minimum atomic E-state index is -0.841. The summed E-state index contributed by atoms with van der Waals surface area (Å²) >= 11 is 0. The number of nitrogens with one attached hydrogen (secondary N) is 1. The number of para-hydroxylation sites is 1. The number of carbonyl (C=O) groups is 2. The van der Waals surface area contributed by atoms with E-state index in [0.717, 1.165) is 43.9 Å². The largest absolute Gasteiger partial charge is 0.465 e. The molecule has 5 rings (SSSR count). The zero-order chi connectivity index (χ0) is 26.5. The van der Waals surface area contributed by atoms with Crippen LogP contribution in [0.4, 0.5) is 9.18 Å². The van der Waals surface area contributed by atoms with E-state index in [1.54, 1.807) is 17.0 Å². The Morgan fingerprint density at radius 3 is 2.47 bits per heavy atom. The van der Waals surface area contributed by atoms with Crippen molar-refractivity contribution in [3.05, 3.63) is 60.2 Å². The van der Waals surface area contributed by atoms with Gasteiger partial charge in [0.2, 0.25) is 5.95 Å². The lowest BCUT2D eigenvalue weighted by molar-refractivity contribution is 0.0277. The molecule has 3 heterocycles. The SMILES string of the molecule is O=C(NC[C@H]1CC[C@H](CN(C(=O)O)C2CCOCC2)CC1)c1cc(-c2ccc(F)nc2)nc2ccccc12. The Morgan fingerprint density at radius 2 is 1.76 bits per heavy atom. The summed E-state index contributed by atoms with van der Waals surface area (Å²) in [6.07, 6.45) is 5.91. The first-order valence-corrected chi connectivity index (χ1v) is 13.3. The van der Waals surface area contributed by atoms with Crippen LogP contribution in [0.1, 0.15) is 48.9 Å². The highest BCUT2D eigenvalue weighted by molar-refractivity contribution is 6.07. The molecular weight excluding hydrogens is 487 g/mol. The molecule has 0 bridgehead atoms. The maximum atomic E-state index is 13.3. The number of carboxylic acid groups (broad SMARTS) is 1. The first-order chi connectivity index (χ1) is 18.5. The quantitative estimate of drug-likeness (QED) is 0.419. The van der Waals surface area contributed by atoms with Gasteiger partial charge in [0, 0.05) is 49.5 Å². The molecule has 0 spiro atoms. The van der Waals surface area contributed by atoms with Crippen LogP contribution in [0.25, 0.3) is 22.2 Å². The predicted molar refractivity (Wildman–Crippen MR) is 141 cm³/mol. The number of hydrogen-bond donors (Lipinski definition) is 2. The summed E-state index contributed by atoms with van der Waals surface area (Å²) in [4.78, 5) is 35.2. The van der Waals surface area contributed by atoms with E-state index in [-0.39, 0.29) is 11.9 Å². The number of amides is 2. The second-order valence-electron chi connectivity index (χ2n) is 10.3. The molecule has 1 aromatic carbocycles. The minimum Gasteiger partial charge on any atom is -0.465 e. The van der Waals surface area contributed by atoms with E-state index in [0.29, 0.717) is 60.5 Å². The molecule has 2 amide bonds. The normalized spacial score (nSPS) is 20.2. The van der Waals surface area contributed by atoms with Crippen LogP contribution in [-0.4, -0.2) is 64.3 Å². The maximum Gasteiger partial charge on any atom is 0.407 e. The lowest BCUT2D eigenvalue weighted by Crippen LogP contribution is -2.45. The average molecular weight is 521 g/mol. The molecule has 2 fully saturated rings. The van der Waals surface area contributed by atoms with Crippen LogP contribution < -0.4 is 5.32 Å². The van der Waals surface area contributed by atoms with Gasteiger partial charge in [-0.2, -0.15) is 4.39 Å². The Hall–Kier alpha value is -3.59. The fraction of sp³-hybridized carbons (Fsp3) is 0.448. The van der Waals surface area contributed by atoms with Crippen molar-refractivity contribution >= 4 is 22.9 Å². The number of fused-ring (bicyclic) bond motifs is 1. The Bertz CT molecular complexity index is 1270. The summed E-state index contributed by atoms with van der Waals surface area (Å²) in [6, 6.07) is 12.1. The van der Waals surface area contributed by atoms with Crippen molar-refractivity contribution in [1.82, 2.24) is 20.2 Å². The molecular formula is C29H33FN4O4. The molecule has 0 atom stereocenters. The number of hydrogen-bond acceptors (Lipinski definition) is 5. The van der Waals surface area contributed by atoms with E-state index < -0.39 is 12.0 Å². The molecule has 1 aliphatic heterocycles. The van der Waals surface area contributed by atoms with Gasteiger partial charge in [-0.3, -0.25) is 4.79 Å². The Balaban J connectivity index is 1.20. The van der Waals surface area contributed by atoms with Crippen molar-refractivity contribution in [2.24, 2.45) is 11.8 Å². The van der Waals surface area contributed by atoms with E-state index in [1.165, 1.54) is 12.3 Å². The number of pyridine rings is 2. The molecule has 0 radical (unpaired) electrons. The maximum absolute atomic E-state index is 13.3. The Kier molecular flexibility index (Phi) is 8.12. The first-order valence-electron chi connectivity index (χ1n) is 13.3. The number of aromatic nitrogens is 2. The van der Waals surface area contributed by atoms with Crippen LogP contribution in [0, 0.1) is 17.8 Å². The molecule has 200 valence electrons. The molecule has 38 heavy (non-hydrogen) atoms. The van der Waals surface area contributed by atoms with Crippen LogP contribution in [0.3, 0.4) is 0 Å². The summed E-state index contributed by atoms with van der Waals surface area (Å²) in [5.74, 6) is -0.0394. The third kappa shape index (κ3) is 6.10. The van der Waals surface area contributed by atoms with E-state index in [2.05, 4.69) is 15.3 Å². The highest BCUT2D eigenvalue weighted by Crippen LogP contribution is 2.31. The van der Waals surface area contributed by atoms with Gasteiger partial charge in [0.25, 0.3) is 5.91 Å². The minimum absolute atomic E-state index is 0.0454. The van der Waals surface area contributed by atoms with E-state index in [9.17, 15) is 19.1 Å². The third-order valence-corrected chi connectivity index (χ3v) is 7.83. The van der Waals surface area contributed by atoms with Gasteiger partial charge >= 0.3 is 6.09 Å². The topological polar surface area (TPSA) is 105 Å². The van der Waals surface area contributed by atoms with Gasteiger partial charge in [-0.25, -0.2) is 14.8 Å². The molecule has 0 unspecified atom stereocenters. The summed E-state index contributed by atoms with van der Waals surface area (Å²) in [7, 11) is 0.